The third-order valence-corrected chi connectivity index (χ3v) is 2.84. The fourth-order valence-electron chi connectivity index (χ4n) is 1.68. The fraction of sp³-hybridized carbons (Fsp3) is 0.429. The molecule has 1 N–H and O–H groups in total. The average Bonchev–Trinajstić information content (AvgIpc) is 3.12. The highest BCUT2D eigenvalue weighted by molar-refractivity contribution is 5.58. The summed E-state index contributed by atoms with van der Waals surface area (Å²) in [6.07, 6.45) is 2.40. The average molecular weight is 235 g/mol. The molecular formula is C14H18FNO. The molecule has 1 fully saturated rings. The summed E-state index contributed by atoms with van der Waals surface area (Å²) >= 11 is 0. The Bertz CT molecular complexity index is 413. The Kier molecular flexibility index (Phi) is 3.79. The van der Waals surface area contributed by atoms with Crippen LogP contribution in [0, 0.1) is 5.82 Å². The molecule has 0 bridgehead atoms. The maximum atomic E-state index is 13.6. The van der Waals surface area contributed by atoms with Crippen LogP contribution in [0.15, 0.2) is 24.8 Å². The van der Waals surface area contributed by atoms with E-state index in [0.717, 1.165) is 5.56 Å². The third kappa shape index (κ3) is 3.30. The molecule has 1 aliphatic carbocycles. The summed E-state index contributed by atoms with van der Waals surface area (Å²) in [7, 11) is 0. The minimum atomic E-state index is -0.175. The molecule has 2 nitrogen and oxygen atoms in total. The van der Waals surface area contributed by atoms with E-state index >= 15 is 0 Å². The second kappa shape index (κ2) is 5.32. The molecule has 3 heteroatoms. The topological polar surface area (TPSA) is 21.3 Å². The van der Waals surface area contributed by atoms with Crippen LogP contribution >= 0.6 is 0 Å². The number of rotatable bonds is 6. The number of hydrogen-bond donors (Lipinski definition) is 1. The molecule has 0 amide bonds. The summed E-state index contributed by atoms with van der Waals surface area (Å²) < 4.78 is 18.9. The van der Waals surface area contributed by atoms with Crippen molar-refractivity contribution in [2.45, 2.75) is 32.4 Å². The second-order valence-corrected chi connectivity index (χ2v) is 4.32. The second-order valence-electron chi connectivity index (χ2n) is 4.32. The van der Waals surface area contributed by atoms with Gasteiger partial charge in [0, 0.05) is 23.7 Å². The largest absolute Gasteiger partial charge is 0.494 e. The number of benzene rings is 1. The molecule has 0 aromatic heterocycles. The van der Waals surface area contributed by atoms with Crippen LogP contribution in [0.1, 0.15) is 30.9 Å². The smallest absolute Gasteiger partial charge is 0.127 e. The van der Waals surface area contributed by atoms with Crippen LogP contribution in [0.3, 0.4) is 0 Å². The van der Waals surface area contributed by atoms with Gasteiger partial charge in [-0.2, -0.15) is 0 Å². The van der Waals surface area contributed by atoms with Crippen LogP contribution in [-0.2, 0) is 11.3 Å². The van der Waals surface area contributed by atoms with E-state index in [2.05, 4.69) is 11.9 Å². The summed E-state index contributed by atoms with van der Waals surface area (Å²) in [6.45, 7) is 6.88. The molecule has 0 spiro atoms. The Morgan fingerprint density at radius 3 is 2.94 bits per heavy atom. The normalized spacial score (nSPS) is 14.7. The number of ether oxygens (including phenoxy) is 1. The van der Waals surface area contributed by atoms with Gasteiger partial charge in [-0.3, -0.25) is 0 Å². The highest BCUT2D eigenvalue weighted by Crippen LogP contribution is 2.21. The van der Waals surface area contributed by atoms with Gasteiger partial charge in [0.25, 0.3) is 0 Å². The summed E-state index contributed by atoms with van der Waals surface area (Å²) in [4.78, 5) is 0. The Balaban J connectivity index is 2.07. The molecule has 0 heterocycles. The lowest BCUT2D eigenvalue weighted by atomic mass is 10.1. The molecular weight excluding hydrogens is 217 g/mol. The van der Waals surface area contributed by atoms with Crippen molar-refractivity contribution in [1.29, 1.82) is 0 Å². The predicted octanol–water partition coefficient (Wildman–Crippen LogP) is 3.08. The molecule has 1 aromatic rings. The summed E-state index contributed by atoms with van der Waals surface area (Å²) in [5, 5.41) is 3.30. The molecule has 1 aliphatic rings. The lowest BCUT2D eigenvalue weighted by Crippen LogP contribution is -2.16. The van der Waals surface area contributed by atoms with Gasteiger partial charge >= 0.3 is 0 Å². The monoisotopic (exact) mass is 235 g/mol. The van der Waals surface area contributed by atoms with E-state index in [0.29, 0.717) is 30.5 Å². The first-order valence-electron chi connectivity index (χ1n) is 6.04. The lowest BCUT2D eigenvalue weighted by molar-refractivity contribution is 0.299. The summed E-state index contributed by atoms with van der Waals surface area (Å²) in [5.41, 5.74) is 1.52. The van der Waals surface area contributed by atoms with Crippen LogP contribution in [0.5, 0.6) is 0 Å². The number of nitrogens with one attached hydrogen (secondary N) is 1. The Morgan fingerprint density at radius 1 is 1.53 bits per heavy atom. The fourth-order valence-corrected chi connectivity index (χ4v) is 1.68. The van der Waals surface area contributed by atoms with E-state index in [1.54, 1.807) is 6.07 Å². The van der Waals surface area contributed by atoms with E-state index in [9.17, 15) is 4.39 Å². The van der Waals surface area contributed by atoms with E-state index < -0.39 is 0 Å². The Labute approximate surface area is 101 Å². The molecule has 2 rings (SSSR count). The van der Waals surface area contributed by atoms with Crippen molar-refractivity contribution >= 4 is 5.76 Å². The van der Waals surface area contributed by atoms with Crippen molar-refractivity contribution < 1.29 is 9.13 Å². The van der Waals surface area contributed by atoms with E-state index in [1.165, 1.54) is 18.9 Å². The van der Waals surface area contributed by atoms with Gasteiger partial charge in [0.2, 0.25) is 0 Å². The SMILES string of the molecule is C=C(OCC)c1ccc(F)c(CNC2CC2)c1. The molecule has 0 atom stereocenters. The van der Waals surface area contributed by atoms with Crippen LogP contribution in [0.2, 0.25) is 0 Å². The standard InChI is InChI=1S/C14H18FNO/c1-3-17-10(2)11-4-7-14(15)12(8-11)9-16-13-5-6-13/h4,7-8,13,16H,2-3,5-6,9H2,1H3. The van der Waals surface area contributed by atoms with Crippen LogP contribution < -0.4 is 5.32 Å². The molecule has 17 heavy (non-hydrogen) atoms. The van der Waals surface area contributed by atoms with Crippen LogP contribution in [0.25, 0.3) is 5.76 Å². The van der Waals surface area contributed by atoms with Gasteiger partial charge in [-0.05, 0) is 38.0 Å². The summed E-state index contributed by atoms with van der Waals surface area (Å²) in [5.74, 6) is 0.423. The maximum Gasteiger partial charge on any atom is 0.127 e. The van der Waals surface area contributed by atoms with Gasteiger partial charge in [-0.25, -0.2) is 4.39 Å². The minimum absolute atomic E-state index is 0.175. The number of halogens is 1. The van der Waals surface area contributed by atoms with Gasteiger partial charge in [0.15, 0.2) is 0 Å². The zero-order valence-electron chi connectivity index (χ0n) is 10.1. The van der Waals surface area contributed by atoms with Crippen LogP contribution in [-0.4, -0.2) is 12.6 Å². The molecule has 1 saturated carbocycles. The highest BCUT2D eigenvalue weighted by atomic mass is 19.1. The number of hydrogen-bond acceptors (Lipinski definition) is 2. The van der Waals surface area contributed by atoms with Crippen molar-refractivity contribution in [2.75, 3.05) is 6.61 Å². The quantitative estimate of drug-likeness (QED) is 0.765. The molecule has 92 valence electrons. The molecule has 0 saturated heterocycles. The lowest BCUT2D eigenvalue weighted by Gasteiger charge is -2.10. The van der Waals surface area contributed by atoms with E-state index in [1.807, 2.05) is 13.0 Å². The van der Waals surface area contributed by atoms with E-state index in [-0.39, 0.29) is 5.82 Å². The maximum absolute atomic E-state index is 13.6. The molecule has 0 aliphatic heterocycles. The Morgan fingerprint density at radius 2 is 2.29 bits per heavy atom. The van der Waals surface area contributed by atoms with Crippen molar-refractivity contribution in [1.82, 2.24) is 5.32 Å². The summed E-state index contributed by atoms with van der Waals surface area (Å²) in [6, 6.07) is 5.56. The molecule has 0 radical (unpaired) electrons. The van der Waals surface area contributed by atoms with Crippen LogP contribution in [0.4, 0.5) is 4.39 Å². The van der Waals surface area contributed by atoms with E-state index in [4.69, 9.17) is 4.74 Å². The predicted molar refractivity (Wildman–Crippen MR) is 66.9 cm³/mol. The van der Waals surface area contributed by atoms with Gasteiger partial charge < -0.3 is 10.1 Å². The van der Waals surface area contributed by atoms with Crippen molar-refractivity contribution in [3.05, 3.63) is 41.7 Å². The zero-order valence-corrected chi connectivity index (χ0v) is 10.1. The first kappa shape index (κ1) is 12.1. The van der Waals surface area contributed by atoms with Gasteiger partial charge in [-0.15, -0.1) is 0 Å². The van der Waals surface area contributed by atoms with Crippen molar-refractivity contribution in [2.24, 2.45) is 0 Å². The van der Waals surface area contributed by atoms with Gasteiger partial charge in [-0.1, -0.05) is 6.58 Å². The van der Waals surface area contributed by atoms with Gasteiger partial charge in [0.1, 0.15) is 11.6 Å². The highest BCUT2D eigenvalue weighted by Gasteiger charge is 2.20. The van der Waals surface area contributed by atoms with Crippen molar-refractivity contribution in [3.8, 4) is 0 Å². The molecule has 0 unspecified atom stereocenters. The van der Waals surface area contributed by atoms with Crippen molar-refractivity contribution in [3.63, 3.8) is 0 Å². The minimum Gasteiger partial charge on any atom is -0.494 e. The Hall–Kier alpha value is -1.35. The zero-order chi connectivity index (χ0) is 12.3. The first-order valence-corrected chi connectivity index (χ1v) is 6.04. The third-order valence-electron chi connectivity index (χ3n) is 2.84. The first-order chi connectivity index (χ1) is 8.20. The van der Waals surface area contributed by atoms with Gasteiger partial charge in [0.05, 0.1) is 6.61 Å². The molecule has 1 aromatic carbocycles.